The molecule has 0 aromatic heterocycles. The van der Waals surface area contributed by atoms with Crippen molar-refractivity contribution in [2.45, 2.75) is 32.2 Å². The van der Waals surface area contributed by atoms with Crippen LogP contribution in [0.2, 0.25) is 0 Å². The van der Waals surface area contributed by atoms with E-state index in [1.54, 1.807) is 11.8 Å². The highest BCUT2D eigenvalue weighted by Gasteiger charge is 2.14. The van der Waals surface area contributed by atoms with Crippen LogP contribution >= 0.6 is 11.8 Å². The minimum atomic E-state index is 0.445. The number of amidine groups is 1. The molecule has 1 saturated heterocycles. The summed E-state index contributed by atoms with van der Waals surface area (Å²) in [5.41, 5.74) is 2.49. The van der Waals surface area contributed by atoms with Gasteiger partial charge in [0.2, 0.25) is 0 Å². The van der Waals surface area contributed by atoms with E-state index in [1.807, 2.05) is 0 Å². The Bertz CT molecular complexity index is 449. The van der Waals surface area contributed by atoms with Crippen molar-refractivity contribution in [2.24, 2.45) is 4.99 Å². The molecule has 1 aromatic rings. The summed E-state index contributed by atoms with van der Waals surface area (Å²) in [5.74, 6) is 1.09. The lowest BCUT2D eigenvalue weighted by atomic mass is 10.1. The summed E-state index contributed by atoms with van der Waals surface area (Å²) in [4.78, 5) is 7.04. The van der Waals surface area contributed by atoms with Gasteiger partial charge in [-0.25, -0.2) is 0 Å². The molecule has 19 heavy (non-hydrogen) atoms. The first-order valence-electron chi connectivity index (χ1n) is 7.14. The normalized spacial score (nSPS) is 23.3. The molecule has 0 spiro atoms. The molecule has 0 saturated carbocycles. The fourth-order valence-corrected chi connectivity index (χ4v) is 3.49. The monoisotopic (exact) mass is 275 g/mol. The summed E-state index contributed by atoms with van der Waals surface area (Å²) in [7, 11) is 0. The summed E-state index contributed by atoms with van der Waals surface area (Å²) < 4.78 is 0. The third-order valence-electron chi connectivity index (χ3n) is 3.64. The SMILES string of the molecule is CC1CSC(Nc2ccc(N3CCCCC3)cc2)=N1. The second-order valence-electron chi connectivity index (χ2n) is 5.31. The molecule has 2 aliphatic heterocycles. The van der Waals surface area contributed by atoms with E-state index in [0.717, 1.165) is 16.6 Å². The molecule has 1 fully saturated rings. The average molecular weight is 275 g/mol. The van der Waals surface area contributed by atoms with Crippen molar-refractivity contribution in [3.8, 4) is 0 Å². The molecular formula is C15H21N3S. The van der Waals surface area contributed by atoms with Crippen LogP contribution in [-0.4, -0.2) is 30.1 Å². The van der Waals surface area contributed by atoms with Crippen molar-refractivity contribution >= 4 is 28.3 Å². The van der Waals surface area contributed by atoms with Crippen molar-refractivity contribution < 1.29 is 0 Å². The van der Waals surface area contributed by atoms with Gasteiger partial charge in [0.15, 0.2) is 5.17 Å². The number of thioether (sulfide) groups is 1. The Hall–Kier alpha value is -1.16. The summed E-state index contributed by atoms with van der Waals surface area (Å²) in [6.07, 6.45) is 4.03. The van der Waals surface area contributed by atoms with Crippen LogP contribution < -0.4 is 10.2 Å². The van der Waals surface area contributed by atoms with E-state index >= 15 is 0 Å². The van der Waals surface area contributed by atoms with Gasteiger partial charge in [-0.1, -0.05) is 11.8 Å². The van der Waals surface area contributed by atoms with Gasteiger partial charge in [0.25, 0.3) is 0 Å². The van der Waals surface area contributed by atoms with E-state index in [4.69, 9.17) is 0 Å². The van der Waals surface area contributed by atoms with Crippen LogP contribution in [0, 0.1) is 0 Å². The number of anilines is 2. The van der Waals surface area contributed by atoms with Gasteiger partial charge in [-0.2, -0.15) is 0 Å². The molecule has 3 rings (SSSR count). The minimum Gasteiger partial charge on any atom is -0.372 e. The molecule has 0 aliphatic carbocycles. The predicted octanol–water partition coefficient (Wildman–Crippen LogP) is 3.58. The molecule has 1 N–H and O–H groups in total. The van der Waals surface area contributed by atoms with Gasteiger partial charge in [-0.3, -0.25) is 4.99 Å². The number of hydrogen-bond acceptors (Lipinski definition) is 4. The summed E-state index contributed by atoms with van der Waals surface area (Å²) >= 11 is 1.81. The lowest BCUT2D eigenvalue weighted by Crippen LogP contribution is -2.29. The number of nitrogens with one attached hydrogen (secondary N) is 1. The van der Waals surface area contributed by atoms with Crippen molar-refractivity contribution in [2.75, 3.05) is 29.1 Å². The summed E-state index contributed by atoms with van der Waals surface area (Å²) in [6.45, 7) is 4.56. The van der Waals surface area contributed by atoms with Crippen molar-refractivity contribution in [1.29, 1.82) is 0 Å². The van der Waals surface area contributed by atoms with Gasteiger partial charge in [-0.05, 0) is 50.5 Å². The quantitative estimate of drug-likeness (QED) is 0.894. The highest BCUT2D eigenvalue weighted by molar-refractivity contribution is 8.14. The Labute approximate surface area is 119 Å². The first-order valence-corrected chi connectivity index (χ1v) is 8.12. The maximum atomic E-state index is 4.55. The second-order valence-corrected chi connectivity index (χ2v) is 6.32. The van der Waals surface area contributed by atoms with Crippen molar-refractivity contribution in [3.63, 3.8) is 0 Å². The zero-order valence-electron chi connectivity index (χ0n) is 11.4. The molecule has 0 bridgehead atoms. The molecule has 3 nitrogen and oxygen atoms in total. The highest BCUT2D eigenvalue weighted by atomic mass is 32.2. The number of hydrogen-bond donors (Lipinski definition) is 1. The Balaban J connectivity index is 1.63. The van der Waals surface area contributed by atoms with Crippen LogP contribution in [0.25, 0.3) is 0 Å². The zero-order valence-corrected chi connectivity index (χ0v) is 12.2. The number of piperidine rings is 1. The van der Waals surface area contributed by atoms with Crippen LogP contribution in [0.1, 0.15) is 26.2 Å². The van der Waals surface area contributed by atoms with E-state index in [1.165, 1.54) is 38.0 Å². The van der Waals surface area contributed by atoms with Gasteiger partial charge < -0.3 is 10.2 Å². The Morgan fingerprint density at radius 1 is 1.16 bits per heavy atom. The van der Waals surface area contributed by atoms with Gasteiger partial charge in [-0.15, -0.1) is 0 Å². The second kappa shape index (κ2) is 5.87. The molecule has 102 valence electrons. The number of aliphatic imine (C=N–C) groups is 1. The Kier molecular flexibility index (Phi) is 3.97. The average Bonchev–Trinajstić information content (AvgIpc) is 2.86. The molecule has 2 heterocycles. The van der Waals surface area contributed by atoms with E-state index in [-0.39, 0.29) is 0 Å². The molecule has 0 radical (unpaired) electrons. The topological polar surface area (TPSA) is 27.6 Å². The van der Waals surface area contributed by atoms with Crippen LogP contribution in [-0.2, 0) is 0 Å². The third-order valence-corrected chi connectivity index (χ3v) is 4.77. The standard InChI is InChI=1S/C15H21N3S/c1-12-11-19-15(16-12)17-13-5-7-14(8-6-13)18-9-3-2-4-10-18/h5-8,12H,2-4,9-11H2,1H3,(H,16,17). The minimum absolute atomic E-state index is 0.445. The Morgan fingerprint density at radius 3 is 2.53 bits per heavy atom. The summed E-state index contributed by atoms with van der Waals surface area (Å²) in [5, 5.41) is 4.45. The van der Waals surface area contributed by atoms with E-state index < -0.39 is 0 Å². The maximum Gasteiger partial charge on any atom is 0.161 e. The third kappa shape index (κ3) is 3.24. The van der Waals surface area contributed by atoms with Crippen LogP contribution in [0.4, 0.5) is 11.4 Å². The molecule has 1 atom stereocenters. The Morgan fingerprint density at radius 2 is 1.89 bits per heavy atom. The largest absolute Gasteiger partial charge is 0.372 e. The lowest BCUT2D eigenvalue weighted by molar-refractivity contribution is 0.578. The number of nitrogens with zero attached hydrogens (tertiary/aromatic N) is 2. The summed E-state index contributed by atoms with van der Waals surface area (Å²) in [6, 6.07) is 9.21. The fraction of sp³-hybridized carbons (Fsp3) is 0.533. The van der Waals surface area contributed by atoms with Gasteiger partial charge in [0.1, 0.15) is 0 Å². The maximum absolute atomic E-state index is 4.55. The molecule has 4 heteroatoms. The van der Waals surface area contributed by atoms with Crippen LogP contribution in [0.3, 0.4) is 0 Å². The van der Waals surface area contributed by atoms with E-state index in [9.17, 15) is 0 Å². The fourth-order valence-electron chi connectivity index (χ4n) is 2.57. The van der Waals surface area contributed by atoms with Crippen molar-refractivity contribution in [1.82, 2.24) is 0 Å². The lowest BCUT2D eigenvalue weighted by Gasteiger charge is -2.28. The van der Waals surface area contributed by atoms with Gasteiger partial charge >= 0.3 is 0 Å². The zero-order chi connectivity index (χ0) is 13.1. The van der Waals surface area contributed by atoms with Gasteiger partial charge in [0, 0.05) is 30.2 Å². The molecule has 1 aromatic carbocycles. The highest BCUT2D eigenvalue weighted by Crippen LogP contribution is 2.24. The van der Waals surface area contributed by atoms with Crippen LogP contribution in [0.5, 0.6) is 0 Å². The van der Waals surface area contributed by atoms with E-state index in [2.05, 4.69) is 46.4 Å². The van der Waals surface area contributed by atoms with Gasteiger partial charge in [0.05, 0.1) is 6.04 Å². The number of benzene rings is 1. The molecular weight excluding hydrogens is 254 g/mol. The van der Waals surface area contributed by atoms with Crippen molar-refractivity contribution in [3.05, 3.63) is 24.3 Å². The first-order chi connectivity index (χ1) is 9.31. The van der Waals surface area contributed by atoms with E-state index in [0.29, 0.717) is 6.04 Å². The predicted molar refractivity (Wildman–Crippen MR) is 85.5 cm³/mol. The van der Waals surface area contributed by atoms with Crippen LogP contribution in [0.15, 0.2) is 29.3 Å². The smallest absolute Gasteiger partial charge is 0.161 e. The first kappa shape index (κ1) is 12.9. The molecule has 0 amide bonds. The molecule has 1 unspecified atom stereocenters. The molecule has 2 aliphatic rings. The number of rotatable bonds is 2.